The lowest BCUT2D eigenvalue weighted by molar-refractivity contribution is 0.0952. The number of nitrogens with two attached hydrogens (primary N) is 1. The molecule has 1 amide bonds. The van der Waals surface area contributed by atoms with Crippen molar-refractivity contribution in [2.45, 2.75) is 19.5 Å². The SMILES string of the molecule is Cl.NCc1ccc(C(=O)NCCCn2cccn2)cc1. The Morgan fingerprint density at radius 3 is 2.65 bits per heavy atom. The fourth-order valence-electron chi connectivity index (χ4n) is 1.77. The monoisotopic (exact) mass is 294 g/mol. The number of halogens is 1. The maximum atomic E-state index is 11.8. The zero-order valence-electron chi connectivity index (χ0n) is 11.2. The quantitative estimate of drug-likeness (QED) is 0.795. The van der Waals surface area contributed by atoms with Gasteiger partial charge in [0.2, 0.25) is 0 Å². The largest absolute Gasteiger partial charge is 0.352 e. The van der Waals surface area contributed by atoms with Gasteiger partial charge in [0.25, 0.3) is 5.91 Å². The number of amides is 1. The summed E-state index contributed by atoms with van der Waals surface area (Å²) in [6.07, 6.45) is 4.51. The third-order valence-electron chi connectivity index (χ3n) is 2.86. The van der Waals surface area contributed by atoms with Crippen molar-refractivity contribution >= 4 is 18.3 Å². The van der Waals surface area contributed by atoms with Crippen LogP contribution in [0.5, 0.6) is 0 Å². The Morgan fingerprint density at radius 2 is 2.05 bits per heavy atom. The van der Waals surface area contributed by atoms with Crippen molar-refractivity contribution in [3.63, 3.8) is 0 Å². The van der Waals surface area contributed by atoms with E-state index in [4.69, 9.17) is 5.73 Å². The van der Waals surface area contributed by atoms with E-state index in [0.29, 0.717) is 18.7 Å². The second-order valence-electron chi connectivity index (χ2n) is 4.28. The van der Waals surface area contributed by atoms with Crippen LogP contribution in [0, 0.1) is 0 Å². The molecule has 3 N–H and O–H groups in total. The highest BCUT2D eigenvalue weighted by Gasteiger charge is 2.04. The summed E-state index contributed by atoms with van der Waals surface area (Å²) in [4.78, 5) is 11.8. The smallest absolute Gasteiger partial charge is 0.251 e. The van der Waals surface area contributed by atoms with Crippen LogP contribution in [0.4, 0.5) is 0 Å². The van der Waals surface area contributed by atoms with Gasteiger partial charge in [0, 0.05) is 37.6 Å². The number of hydrogen-bond donors (Lipinski definition) is 2. The van der Waals surface area contributed by atoms with E-state index in [2.05, 4.69) is 10.4 Å². The van der Waals surface area contributed by atoms with E-state index < -0.39 is 0 Å². The minimum atomic E-state index is -0.0518. The summed E-state index contributed by atoms with van der Waals surface area (Å²) in [6, 6.07) is 9.23. The average molecular weight is 295 g/mol. The van der Waals surface area contributed by atoms with Gasteiger partial charge in [0.15, 0.2) is 0 Å². The summed E-state index contributed by atoms with van der Waals surface area (Å²) in [7, 11) is 0. The van der Waals surface area contributed by atoms with Crippen molar-refractivity contribution in [2.75, 3.05) is 6.54 Å². The first kappa shape index (κ1) is 16.2. The van der Waals surface area contributed by atoms with E-state index in [9.17, 15) is 4.79 Å². The molecule has 0 spiro atoms. The molecule has 2 aromatic rings. The van der Waals surface area contributed by atoms with Gasteiger partial charge in [-0.2, -0.15) is 5.10 Å². The number of nitrogens with zero attached hydrogens (tertiary/aromatic N) is 2. The van der Waals surface area contributed by atoms with E-state index in [1.165, 1.54) is 0 Å². The second kappa shape index (κ2) is 8.35. The lowest BCUT2D eigenvalue weighted by atomic mass is 10.1. The normalized spacial score (nSPS) is 9.85. The van der Waals surface area contributed by atoms with Gasteiger partial charge in [-0.3, -0.25) is 9.48 Å². The highest BCUT2D eigenvalue weighted by Crippen LogP contribution is 2.03. The maximum Gasteiger partial charge on any atom is 0.251 e. The number of aromatic nitrogens is 2. The zero-order chi connectivity index (χ0) is 13.5. The molecule has 0 aliphatic rings. The lowest BCUT2D eigenvalue weighted by Crippen LogP contribution is -2.25. The van der Waals surface area contributed by atoms with Crippen LogP contribution in [0.15, 0.2) is 42.7 Å². The van der Waals surface area contributed by atoms with Crippen molar-refractivity contribution in [2.24, 2.45) is 5.73 Å². The number of aryl methyl sites for hydroxylation is 1. The molecular formula is C14H19ClN4O. The predicted molar refractivity (Wildman–Crippen MR) is 80.8 cm³/mol. The van der Waals surface area contributed by atoms with Crippen molar-refractivity contribution in [3.8, 4) is 0 Å². The van der Waals surface area contributed by atoms with Gasteiger partial charge in [0.05, 0.1) is 0 Å². The number of rotatable bonds is 6. The second-order valence-corrected chi connectivity index (χ2v) is 4.28. The van der Waals surface area contributed by atoms with Gasteiger partial charge in [-0.05, 0) is 30.2 Å². The predicted octanol–water partition coefficient (Wildman–Crippen LogP) is 1.58. The summed E-state index contributed by atoms with van der Waals surface area (Å²) < 4.78 is 1.85. The fourth-order valence-corrected chi connectivity index (χ4v) is 1.77. The molecule has 1 aromatic carbocycles. The molecule has 0 radical (unpaired) electrons. The Labute approximate surface area is 124 Å². The van der Waals surface area contributed by atoms with Gasteiger partial charge in [0.1, 0.15) is 0 Å². The molecule has 6 heteroatoms. The van der Waals surface area contributed by atoms with Gasteiger partial charge >= 0.3 is 0 Å². The van der Waals surface area contributed by atoms with Crippen LogP contribution in [0.25, 0.3) is 0 Å². The third kappa shape index (κ3) is 4.68. The molecule has 108 valence electrons. The van der Waals surface area contributed by atoms with Crippen LogP contribution in [0.2, 0.25) is 0 Å². The highest BCUT2D eigenvalue weighted by atomic mass is 35.5. The standard InChI is InChI=1S/C14H18N4O.ClH/c15-11-12-3-5-13(6-4-12)14(19)16-7-1-9-18-10-2-8-17-18;/h2-6,8,10H,1,7,9,11,15H2,(H,16,19);1H. The van der Waals surface area contributed by atoms with Crippen LogP contribution < -0.4 is 11.1 Å². The maximum absolute atomic E-state index is 11.8. The van der Waals surface area contributed by atoms with Crippen molar-refractivity contribution < 1.29 is 4.79 Å². The number of carbonyl (C=O) groups is 1. The summed E-state index contributed by atoms with van der Waals surface area (Å²) in [5.74, 6) is -0.0518. The Kier molecular flexibility index (Phi) is 6.76. The molecular weight excluding hydrogens is 276 g/mol. The number of carbonyl (C=O) groups excluding carboxylic acids is 1. The minimum absolute atomic E-state index is 0. The van der Waals surface area contributed by atoms with E-state index in [1.54, 1.807) is 18.3 Å². The molecule has 1 heterocycles. The number of benzene rings is 1. The molecule has 0 saturated carbocycles. The summed E-state index contributed by atoms with van der Waals surface area (Å²) in [6.45, 7) is 1.93. The molecule has 20 heavy (non-hydrogen) atoms. The van der Waals surface area contributed by atoms with E-state index >= 15 is 0 Å². The van der Waals surface area contributed by atoms with E-state index in [-0.39, 0.29) is 18.3 Å². The molecule has 0 aliphatic carbocycles. The Morgan fingerprint density at radius 1 is 1.30 bits per heavy atom. The molecule has 0 unspecified atom stereocenters. The Balaban J connectivity index is 0.00000200. The average Bonchev–Trinajstić information content (AvgIpc) is 2.96. The first-order valence-electron chi connectivity index (χ1n) is 6.34. The fraction of sp³-hybridized carbons (Fsp3) is 0.286. The highest BCUT2D eigenvalue weighted by molar-refractivity contribution is 5.94. The molecule has 0 aliphatic heterocycles. The van der Waals surface area contributed by atoms with Gasteiger partial charge < -0.3 is 11.1 Å². The van der Waals surface area contributed by atoms with Crippen LogP contribution >= 0.6 is 12.4 Å². The third-order valence-corrected chi connectivity index (χ3v) is 2.86. The summed E-state index contributed by atoms with van der Waals surface area (Å²) in [5, 5.41) is 6.99. The molecule has 0 saturated heterocycles. The van der Waals surface area contributed by atoms with Crippen LogP contribution in [-0.2, 0) is 13.1 Å². The first-order valence-corrected chi connectivity index (χ1v) is 6.34. The van der Waals surface area contributed by atoms with Gasteiger partial charge in [-0.15, -0.1) is 12.4 Å². The molecule has 0 fully saturated rings. The van der Waals surface area contributed by atoms with E-state index in [0.717, 1.165) is 18.5 Å². The zero-order valence-corrected chi connectivity index (χ0v) is 12.0. The summed E-state index contributed by atoms with van der Waals surface area (Å²) in [5.41, 5.74) is 7.20. The van der Waals surface area contributed by atoms with Crippen LogP contribution in [0.1, 0.15) is 22.3 Å². The van der Waals surface area contributed by atoms with Gasteiger partial charge in [-0.1, -0.05) is 12.1 Å². The summed E-state index contributed by atoms with van der Waals surface area (Å²) >= 11 is 0. The van der Waals surface area contributed by atoms with Crippen molar-refractivity contribution in [1.82, 2.24) is 15.1 Å². The van der Waals surface area contributed by atoms with E-state index in [1.807, 2.05) is 29.1 Å². The molecule has 5 nitrogen and oxygen atoms in total. The Hall–Kier alpha value is -1.85. The molecule has 0 atom stereocenters. The number of nitrogens with one attached hydrogen (secondary N) is 1. The minimum Gasteiger partial charge on any atom is -0.352 e. The van der Waals surface area contributed by atoms with Gasteiger partial charge in [-0.25, -0.2) is 0 Å². The topological polar surface area (TPSA) is 72.9 Å². The van der Waals surface area contributed by atoms with Crippen LogP contribution in [0.3, 0.4) is 0 Å². The van der Waals surface area contributed by atoms with Crippen molar-refractivity contribution in [1.29, 1.82) is 0 Å². The van der Waals surface area contributed by atoms with Crippen molar-refractivity contribution in [3.05, 3.63) is 53.9 Å². The molecule has 2 rings (SSSR count). The lowest BCUT2D eigenvalue weighted by Gasteiger charge is -2.06. The molecule has 1 aromatic heterocycles. The molecule has 0 bridgehead atoms. The van der Waals surface area contributed by atoms with Crippen LogP contribution in [-0.4, -0.2) is 22.2 Å². The first-order chi connectivity index (χ1) is 9.29. The number of hydrogen-bond acceptors (Lipinski definition) is 3. The Bertz CT molecular complexity index is 510.